The molecule has 1 N–H and O–H groups in total. The normalized spacial score (nSPS) is 17.3. The highest BCUT2D eigenvalue weighted by Crippen LogP contribution is 2.21. The molecule has 0 saturated carbocycles. The van der Waals surface area contributed by atoms with E-state index in [1.165, 1.54) is 0 Å². The first-order chi connectivity index (χ1) is 12.2. The Kier molecular flexibility index (Phi) is 6.45. The van der Waals surface area contributed by atoms with E-state index in [-0.39, 0.29) is 30.4 Å². The molecule has 2 heterocycles. The van der Waals surface area contributed by atoms with Crippen molar-refractivity contribution < 1.29 is 23.9 Å². The Bertz CT molecular complexity index is 692. The highest BCUT2D eigenvalue weighted by Gasteiger charge is 2.27. The van der Waals surface area contributed by atoms with Crippen molar-refractivity contribution in [1.29, 1.82) is 0 Å². The van der Waals surface area contributed by atoms with Gasteiger partial charge in [-0.3, -0.25) is 4.79 Å². The lowest BCUT2D eigenvalue weighted by atomic mass is 10.0. The summed E-state index contributed by atoms with van der Waals surface area (Å²) >= 11 is 0. The van der Waals surface area contributed by atoms with Crippen LogP contribution in [-0.4, -0.2) is 53.0 Å². The Morgan fingerprint density at radius 3 is 2.50 bits per heavy atom. The summed E-state index contributed by atoms with van der Waals surface area (Å²) in [6.45, 7) is 9.28. The highest BCUT2D eigenvalue weighted by molar-refractivity contribution is 5.99. The molecule has 144 valence electrons. The molecule has 0 aromatic carbocycles. The number of rotatable bonds is 5. The molecule has 1 fully saturated rings. The van der Waals surface area contributed by atoms with Crippen molar-refractivity contribution in [1.82, 2.24) is 9.88 Å². The van der Waals surface area contributed by atoms with Crippen molar-refractivity contribution in [3.05, 3.63) is 22.5 Å². The smallest absolute Gasteiger partial charge is 0.355 e. The van der Waals surface area contributed by atoms with Gasteiger partial charge in [-0.05, 0) is 59.4 Å². The molecule has 1 saturated heterocycles. The predicted molar refractivity (Wildman–Crippen MR) is 96.1 cm³/mol. The lowest BCUT2D eigenvalue weighted by Crippen LogP contribution is -2.44. The molecule has 7 nitrogen and oxygen atoms in total. The van der Waals surface area contributed by atoms with Crippen LogP contribution in [0.4, 0.5) is 0 Å². The summed E-state index contributed by atoms with van der Waals surface area (Å²) in [7, 11) is 0. The molecule has 0 bridgehead atoms. The van der Waals surface area contributed by atoms with Crippen molar-refractivity contribution in [3.8, 4) is 0 Å². The summed E-state index contributed by atoms with van der Waals surface area (Å²) in [5.74, 6) is -1.32. The summed E-state index contributed by atoms with van der Waals surface area (Å²) in [4.78, 5) is 41.5. The maximum atomic E-state index is 12.4. The molecule has 1 aromatic rings. The average Bonchev–Trinajstić information content (AvgIpc) is 2.86. The Morgan fingerprint density at radius 2 is 1.88 bits per heavy atom. The zero-order chi connectivity index (χ0) is 19.4. The second-order valence-electron chi connectivity index (χ2n) is 7.09. The monoisotopic (exact) mass is 364 g/mol. The first-order valence-electron chi connectivity index (χ1n) is 9.09. The number of nitrogens with zero attached hydrogens (tertiary/aromatic N) is 1. The van der Waals surface area contributed by atoms with Crippen molar-refractivity contribution in [2.75, 3.05) is 13.2 Å². The second kappa shape index (κ2) is 8.38. The SMILES string of the molecule is Cc1[nH]c(C(=O)OCC(=O)N2CCCCC2C)c(C)c1C(=O)OC(C)C. The number of aromatic amines is 1. The van der Waals surface area contributed by atoms with Crippen molar-refractivity contribution in [3.63, 3.8) is 0 Å². The third kappa shape index (κ3) is 4.45. The molecular formula is C19H28N2O5. The van der Waals surface area contributed by atoms with E-state index in [1.807, 2.05) is 6.92 Å². The van der Waals surface area contributed by atoms with Gasteiger partial charge in [-0.15, -0.1) is 0 Å². The van der Waals surface area contributed by atoms with Crippen LogP contribution in [0.5, 0.6) is 0 Å². The van der Waals surface area contributed by atoms with Gasteiger partial charge in [-0.25, -0.2) is 9.59 Å². The maximum Gasteiger partial charge on any atom is 0.355 e. The number of carbonyl (C=O) groups excluding carboxylic acids is 3. The molecular weight excluding hydrogens is 336 g/mol. The van der Waals surface area contributed by atoms with E-state index in [9.17, 15) is 14.4 Å². The number of aromatic nitrogens is 1. The summed E-state index contributed by atoms with van der Waals surface area (Å²) < 4.78 is 10.4. The molecule has 0 aliphatic carbocycles. The minimum Gasteiger partial charge on any atom is -0.459 e. The Hall–Kier alpha value is -2.31. The van der Waals surface area contributed by atoms with Crippen LogP contribution in [0.1, 0.15) is 72.1 Å². The van der Waals surface area contributed by atoms with Crippen LogP contribution in [0.15, 0.2) is 0 Å². The Morgan fingerprint density at radius 1 is 1.19 bits per heavy atom. The summed E-state index contributed by atoms with van der Waals surface area (Å²) in [6, 6.07) is 0.168. The van der Waals surface area contributed by atoms with Gasteiger partial charge in [0.15, 0.2) is 6.61 Å². The number of amides is 1. The highest BCUT2D eigenvalue weighted by atomic mass is 16.5. The quantitative estimate of drug-likeness (QED) is 0.812. The maximum absolute atomic E-state index is 12.4. The van der Waals surface area contributed by atoms with Gasteiger partial charge in [0.1, 0.15) is 5.69 Å². The largest absolute Gasteiger partial charge is 0.459 e. The van der Waals surface area contributed by atoms with E-state index in [0.717, 1.165) is 19.3 Å². The number of ether oxygens (including phenoxy) is 2. The number of hydrogen-bond donors (Lipinski definition) is 1. The van der Waals surface area contributed by atoms with Gasteiger partial charge >= 0.3 is 11.9 Å². The zero-order valence-corrected chi connectivity index (χ0v) is 16.2. The summed E-state index contributed by atoms with van der Waals surface area (Å²) in [5, 5.41) is 0. The molecule has 26 heavy (non-hydrogen) atoms. The number of likely N-dealkylation sites (tertiary alicyclic amines) is 1. The lowest BCUT2D eigenvalue weighted by Gasteiger charge is -2.33. The molecule has 0 spiro atoms. The first-order valence-corrected chi connectivity index (χ1v) is 9.09. The molecule has 0 radical (unpaired) electrons. The van der Waals surface area contributed by atoms with Gasteiger partial charge in [0.2, 0.25) is 0 Å². The minimum absolute atomic E-state index is 0.168. The predicted octanol–water partition coefficient (Wildman–Crippen LogP) is 2.75. The van der Waals surface area contributed by atoms with Crippen LogP contribution < -0.4 is 0 Å². The number of esters is 2. The molecule has 2 rings (SSSR count). The van der Waals surface area contributed by atoms with Crippen LogP contribution in [0.2, 0.25) is 0 Å². The molecule has 1 unspecified atom stereocenters. The van der Waals surface area contributed by atoms with E-state index in [0.29, 0.717) is 23.4 Å². The number of hydrogen-bond acceptors (Lipinski definition) is 5. The molecule has 1 atom stereocenters. The minimum atomic E-state index is -0.646. The fourth-order valence-electron chi connectivity index (χ4n) is 3.28. The van der Waals surface area contributed by atoms with Gasteiger partial charge < -0.3 is 19.4 Å². The van der Waals surface area contributed by atoms with Crippen molar-refractivity contribution in [2.45, 2.75) is 66.0 Å². The van der Waals surface area contributed by atoms with Crippen LogP contribution >= 0.6 is 0 Å². The van der Waals surface area contributed by atoms with Crippen LogP contribution in [-0.2, 0) is 14.3 Å². The molecule has 1 amide bonds. The van der Waals surface area contributed by atoms with Gasteiger partial charge in [0.25, 0.3) is 5.91 Å². The third-order valence-corrected chi connectivity index (χ3v) is 4.64. The number of nitrogens with one attached hydrogen (secondary N) is 1. The van der Waals surface area contributed by atoms with E-state index >= 15 is 0 Å². The fourth-order valence-corrected chi connectivity index (χ4v) is 3.28. The first kappa shape index (κ1) is 20.0. The number of aryl methyl sites for hydroxylation is 1. The van der Waals surface area contributed by atoms with Crippen molar-refractivity contribution in [2.24, 2.45) is 0 Å². The molecule has 7 heteroatoms. The van der Waals surface area contributed by atoms with Crippen molar-refractivity contribution >= 4 is 17.8 Å². The van der Waals surface area contributed by atoms with Gasteiger partial charge in [0.05, 0.1) is 11.7 Å². The van der Waals surface area contributed by atoms with E-state index in [1.54, 1.807) is 32.6 Å². The van der Waals surface area contributed by atoms with E-state index < -0.39 is 11.9 Å². The van der Waals surface area contributed by atoms with Crippen LogP contribution in [0.3, 0.4) is 0 Å². The topological polar surface area (TPSA) is 88.7 Å². The molecule has 1 aliphatic rings. The van der Waals surface area contributed by atoms with Crippen LogP contribution in [0.25, 0.3) is 0 Å². The van der Waals surface area contributed by atoms with Gasteiger partial charge in [0, 0.05) is 18.3 Å². The molecule has 1 aromatic heterocycles. The average molecular weight is 364 g/mol. The van der Waals surface area contributed by atoms with Gasteiger partial charge in [-0.1, -0.05) is 0 Å². The zero-order valence-electron chi connectivity index (χ0n) is 16.2. The molecule has 1 aliphatic heterocycles. The van der Waals surface area contributed by atoms with Crippen LogP contribution in [0, 0.1) is 13.8 Å². The van der Waals surface area contributed by atoms with Gasteiger partial charge in [-0.2, -0.15) is 0 Å². The standard InChI is InChI=1S/C19H28N2O5/c1-11(2)26-18(23)16-13(4)17(20-14(16)5)19(24)25-10-15(22)21-9-7-6-8-12(21)3/h11-12,20H,6-10H2,1-5H3. The lowest BCUT2D eigenvalue weighted by molar-refractivity contribution is -0.137. The Labute approximate surface area is 154 Å². The Balaban J connectivity index is 2.03. The number of H-pyrrole nitrogens is 1. The third-order valence-electron chi connectivity index (χ3n) is 4.64. The fraction of sp³-hybridized carbons (Fsp3) is 0.632. The summed E-state index contributed by atoms with van der Waals surface area (Å²) in [6.07, 6.45) is 2.80. The summed E-state index contributed by atoms with van der Waals surface area (Å²) in [5.41, 5.74) is 1.52. The number of piperidine rings is 1. The number of carbonyl (C=O) groups is 3. The van der Waals surface area contributed by atoms with E-state index in [4.69, 9.17) is 9.47 Å². The second-order valence-corrected chi connectivity index (χ2v) is 7.09. The van der Waals surface area contributed by atoms with E-state index in [2.05, 4.69) is 4.98 Å².